The van der Waals surface area contributed by atoms with Crippen molar-refractivity contribution in [2.45, 2.75) is 0 Å². The standard InChI is InChI=1S/C11H9ClN2O/c12-7-10(15)14-9-5-1-3-8-4-2-6-13-11(8)9/h1-6H,7H2,(H,14,15). The molecular formula is C11H9ClN2O. The molecule has 76 valence electrons. The Kier molecular flexibility index (Phi) is 2.83. The number of amides is 1. The number of aromatic nitrogens is 1. The fourth-order valence-corrected chi connectivity index (χ4v) is 1.46. The predicted octanol–water partition coefficient (Wildman–Crippen LogP) is 2.41. The van der Waals surface area contributed by atoms with Crippen LogP contribution < -0.4 is 5.32 Å². The van der Waals surface area contributed by atoms with E-state index in [1.54, 1.807) is 12.3 Å². The number of carbonyl (C=O) groups is 1. The largest absolute Gasteiger partial charge is 0.323 e. The lowest BCUT2D eigenvalue weighted by molar-refractivity contribution is -0.113. The molecule has 0 spiro atoms. The average Bonchev–Trinajstić information content (AvgIpc) is 2.29. The predicted molar refractivity (Wildman–Crippen MR) is 61.1 cm³/mol. The van der Waals surface area contributed by atoms with E-state index in [0.717, 1.165) is 10.9 Å². The number of halogens is 1. The fraction of sp³-hybridized carbons (Fsp3) is 0.0909. The molecule has 2 aromatic rings. The lowest BCUT2D eigenvalue weighted by Gasteiger charge is -2.05. The van der Waals surface area contributed by atoms with Gasteiger partial charge in [0.1, 0.15) is 5.88 Å². The van der Waals surface area contributed by atoms with Crippen molar-refractivity contribution in [3.63, 3.8) is 0 Å². The number of hydrogen-bond donors (Lipinski definition) is 1. The van der Waals surface area contributed by atoms with E-state index in [1.165, 1.54) is 0 Å². The van der Waals surface area contributed by atoms with Gasteiger partial charge in [-0.05, 0) is 12.1 Å². The number of pyridine rings is 1. The number of benzene rings is 1. The molecule has 0 aliphatic rings. The summed E-state index contributed by atoms with van der Waals surface area (Å²) in [6, 6.07) is 9.42. The van der Waals surface area contributed by atoms with Crippen molar-refractivity contribution in [1.29, 1.82) is 0 Å². The molecule has 0 unspecified atom stereocenters. The molecule has 1 N–H and O–H groups in total. The number of rotatable bonds is 2. The van der Waals surface area contributed by atoms with E-state index >= 15 is 0 Å². The van der Waals surface area contributed by atoms with Gasteiger partial charge in [-0.15, -0.1) is 11.6 Å². The number of nitrogens with zero attached hydrogens (tertiary/aromatic N) is 1. The minimum absolute atomic E-state index is 0.0524. The molecular weight excluding hydrogens is 212 g/mol. The summed E-state index contributed by atoms with van der Waals surface area (Å²) >= 11 is 5.42. The van der Waals surface area contributed by atoms with Crippen molar-refractivity contribution in [3.8, 4) is 0 Å². The maximum atomic E-state index is 11.2. The number of nitrogens with one attached hydrogen (secondary N) is 1. The van der Waals surface area contributed by atoms with E-state index in [1.807, 2.05) is 24.3 Å². The maximum absolute atomic E-state index is 11.2. The molecule has 1 heterocycles. The van der Waals surface area contributed by atoms with Crippen molar-refractivity contribution in [2.24, 2.45) is 0 Å². The van der Waals surface area contributed by atoms with Gasteiger partial charge in [-0.1, -0.05) is 18.2 Å². The molecule has 4 heteroatoms. The molecule has 3 nitrogen and oxygen atoms in total. The van der Waals surface area contributed by atoms with Crippen LogP contribution in [0.4, 0.5) is 5.69 Å². The van der Waals surface area contributed by atoms with Crippen LogP contribution in [0.15, 0.2) is 36.5 Å². The first kappa shape index (κ1) is 9.93. The molecule has 0 radical (unpaired) electrons. The third-order valence-electron chi connectivity index (χ3n) is 2.03. The van der Waals surface area contributed by atoms with Gasteiger partial charge in [0, 0.05) is 11.6 Å². The second-order valence-electron chi connectivity index (χ2n) is 3.06. The topological polar surface area (TPSA) is 42.0 Å². The van der Waals surface area contributed by atoms with Gasteiger partial charge >= 0.3 is 0 Å². The van der Waals surface area contributed by atoms with Crippen molar-refractivity contribution in [2.75, 3.05) is 11.2 Å². The third kappa shape index (κ3) is 2.07. The van der Waals surface area contributed by atoms with Crippen LogP contribution in [0.3, 0.4) is 0 Å². The summed E-state index contributed by atoms with van der Waals surface area (Å²) in [7, 11) is 0. The Labute approximate surface area is 92.1 Å². The van der Waals surface area contributed by atoms with E-state index in [-0.39, 0.29) is 11.8 Å². The summed E-state index contributed by atoms with van der Waals surface area (Å²) in [5.74, 6) is -0.279. The van der Waals surface area contributed by atoms with Crippen molar-refractivity contribution >= 4 is 34.1 Å². The normalized spacial score (nSPS) is 10.2. The molecule has 0 atom stereocenters. The van der Waals surface area contributed by atoms with Gasteiger partial charge < -0.3 is 5.32 Å². The van der Waals surface area contributed by atoms with Crippen LogP contribution in [0, 0.1) is 0 Å². The number of anilines is 1. The van der Waals surface area contributed by atoms with Crippen LogP contribution in [0.1, 0.15) is 0 Å². The molecule has 0 saturated heterocycles. The Balaban J connectivity index is 2.46. The van der Waals surface area contributed by atoms with Crippen LogP contribution in [0.25, 0.3) is 10.9 Å². The maximum Gasteiger partial charge on any atom is 0.239 e. The monoisotopic (exact) mass is 220 g/mol. The first-order valence-electron chi connectivity index (χ1n) is 4.51. The quantitative estimate of drug-likeness (QED) is 0.790. The summed E-state index contributed by atoms with van der Waals surface area (Å²) in [5, 5.41) is 3.69. The highest BCUT2D eigenvalue weighted by molar-refractivity contribution is 6.29. The van der Waals surface area contributed by atoms with E-state index < -0.39 is 0 Å². The fourth-order valence-electron chi connectivity index (χ4n) is 1.39. The van der Waals surface area contributed by atoms with E-state index in [2.05, 4.69) is 10.3 Å². The molecule has 15 heavy (non-hydrogen) atoms. The number of carbonyl (C=O) groups excluding carboxylic acids is 1. The van der Waals surface area contributed by atoms with Gasteiger partial charge in [-0.3, -0.25) is 9.78 Å². The van der Waals surface area contributed by atoms with Crippen LogP contribution >= 0.6 is 11.6 Å². The van der Waals surface area contributed by atoms with E-state index in [0.29, 0.717) is 5.69 Å². The van der Waals surface area contributed by atoms with Crippen LogP contribution in [-0.4, -0.2) is 16.8 Å². The van der Waals surface area contributed by atoms with Crippen molar-refractivity contribution in [1.82, 2.24) is 4.98 Å². The van der Waals surface area contributed by atoms with E-state index in [9.17, 15) is 4.79 Å². The highest BCUT2D eigenvalue weighted by Crippen LogP contribution is 2.20. The zero-order valence-corrected chi connectivity index (χ0v) is 8.66. The first-order chi connectivity index (χ1) is 7.31. The molecule has 0 saturated carbocycles. The Morgan fingerprint density at radius 1 is 1.33 bits per heavy atom. The molecule has 0 bridgehead atoms. The number of fused-ring (bicyclic) bond motifs is 1. The number of para-hydroxylation sites is 1. The zero-order valence-electron chi connectivity index (χ0n) is 7.90. The molecule has 0 aliphatic heterocycles. The SMILES string of the molecule is O=C(CCl)Nc1cccc2cccnc12. The van der Waals surface area contributed by atoms with Crippen molar-refractivity contribution < 1.29 is 4.79 Å². The third-order valence-corrected chi connectivity index (χ3v) is 2.27. The minimum Gasteiger partial charge on any atom is -0.323 e. The molecule has 1 aromatic heterocycles. The lowest BCUT2D eigenvalue weighted by atomic mass is 10.2. The highest BCUT2D eigenvalue weighted by Gasteiger charge is 2.04. The van der Waals surface area contributed by atoms with Crippen LogP contribution in [-0.2, 0) is 4.79 Å². The highest BCUT2D eigenvalue weighted by atomic mass is 35.5. The average molecular weight is 221 g/mol. The Morgan fingerprint density at radius 2 is 2.13 bits per heavy atom. The van der Waals surface area contributed by atoms with Gasteiger partial charge in [0.2, 0.25) is 5.91 Å². The molecule has 0 fully saturated rings. The summed E-state index contributed by atoms with van der Waals surface area (Å²) in [4.78, 5) is 15.4. The van der Waals surface area contributed by atoms with Crippen molar-refractivity contribution in [3.05, 3.63) is 36.5 Å². The van der Waals surface area contributed by atoms with Gasteiger partial charge in [-0.2, -0.15) is 0 Å². The number of alkyl halides is 1. The van der Waals surface area contributed by atoms with Crippen LogP contribution in [0.5, 0.6) is 0 Å². The van der Waals surface area contributed by atoms with E-state index in [4.69, 9.17) is 11.6 Å². The summed E-state index contributed by atoms with van der Waals surface area (Å²) < 4.78 is 0. The molecule has 1 aromatic carbocycles. The van der Waals surface area contributed by atoms with Gasteiger partial charge in [-0.25, -0.2) is 0 Å². The van der Waals surface area contributed by atoms with Gasteiger partial charge in [0.25, 0.3) is 0 Å². The summed E-state index contributed by atoms with van der Waals surface area (Å²) in [6.07, 6.45) is 1.69. The smallest absolute Gasteiger partial charge is 0.239 e. The van der Waals surface area contributed by atoms with Gasteiger partial charge in [0.15, 0.2) is 0 Å². The Bertz CT molecular complexity index is 493. The lowest BCUT2D eigenvalue weighted by Crippen LogP contribution is -2.12. The minimum atomic E-state index is -0.227. The zero-order chi connectivity index (χ0) is 10.7. The van der Waals surface area contributed by atoms with Gasteiger partial charge in [0.05, 0.1) is 11.2 Å². The Hall–Kier alpha value is -1.61. The first-order valence-corrected chi connectivity index (χ1v) is 5.04. The second kappa shape index (κ2) is 4.28. The second-order valence-corrected chi connectivity index (χ2v) is 3.33. The molecule has 1 amide bonds. The summed E-state index contributed by atoms with van der Waals surface area (Å²) in [5.41, 5.74) is 1.47. The Morgan fingerprint density at radius 3 is 2.93 bits per heavy atom. The van der Waals surface area contributed by atoms with Crippen LogP contribution in [0.2, 0.25) is 0 Å². The number of hydrogen-bond acceptors (Lipinski definition) is 2. The summed E-state index contributed by atoms with van der Waals surface area (Å²) in [6.45, 7) is 0. The molecule has 2 rings (SSSR count). The molecule has 0 aliphatic carbocycles.